The Labute approximate surface area is 184 Å². The molecule has 0 radical (unpaired) electrons. The number of carbonyl (C=O) groups excluding carboxylic acids is 1. The van der Waals surface area contributed by atoms with Crippen LogP contribution in [0.4, 0.5) is 5.69 Å². The maximum atomic E-state index is 12.5. The molecule has 0 spiro atoms. The van der Waals surface area contributed by atoms with Crippen molar-refractivity contribution in [3.8, 4) is 11.5 Å². The van der Waals surface area contributed by atoms with Crippen LogP contribution in [0.3, 0.4) is 0 Å². The highest BCUT2D eigenvalue weighted by atomic mass is 32.2. The van der Waals surface area contributed by atoms with Gasteiger partial charge in [-0.15, -0.1) is 0 Å². The van der Waals surface area contributed by atoms with Crippen molar-refractivity contribution < 1.29 is 22.7 Å². The third-order valence-electron chi connectivity index (χ3n) is 5.09. The van der Waals surface area contributed by atoms with Gasteiger partial charge in [0.2, 0.25) is 15.9 Å². The number of sulfonamides is 1. The summed E-state index contributed by atoms with van der Waals surface area (Å²) in [4.78, 5) is 12.5. The molecule has 0 unspecified atom stereocenters. The number of anilines is 1. The minimum atomic E-state index is -3.71. The standard InChI is InChI=1S/C23H30N2O5S/c1-31(27,28)25(18-23(26)24-16-9-17-29-19-10-5-6-11-19)21-14-7-8-15-22(21)30-20-12-3-2-4-13-20/h2-4,7-8,12-15,19H,5-6,9-11,16-18H2,1H3,(H,24,26). The van der Waals surface area contributed by atoms with Crippen LogP contribution in [0.2, 0.25) is 0 Å². The first-order chi connectivity index (χ1) is 14.9. The number of rotatable bonds is 11. The van der Waals surface area contributed by atoms with Gasteiger partial charge in [-0.1, -0.05) is 43.2 Å². The lowest BCUT2D eigenvalue weighted by molar-refractivity contribution is -0.119. The van der Waals surface area contributed by atoms with Crippen LogP contribution in [-0.2, 0) is 19.6 Å². The molecule has 1 N–H and O–H groups in total. The predicted octanol–water partition coefficient (Wildman–Crippen LogP) is 3.71. The number of ether oxygens (including phenoxy) is 2. The molecule has 0 atom stereocenters. The molecule has 31 heavy (non-hydrogen) atoms. The largest absolute Gasteiger partial charge is 0.455 e. The number of hydrogen-bond acceptors (Lipinski definition) is 5. The highest BCUT2D eigenvalue weighted by molar-refractivity contribution is 7.92. The zero-order chi connectivity index (χ0) is 22.1. The lowest BCUT2D eigenvalue weighted by atomic mass is 10.3. The first-order valence-corrected chi connectivity index (χ1v) is 12.5. The van der Waals surface area contributed by atoms with Gasteiger partial charge in [-0.25, -0.2) is 8.42 Å². The molecule has 0 aliphatic heterocycles. The van der Waals surface area contributed by atoms with Crippen LogP contribution in [0.15, 0.2) is 54.6 Å². The Kier molecular flexibility index (Phi) is 8.31. The predicted molar refractivity (Wildman–Crippen MR) is 121 cm³/mol. The van der Waals surface area contributed by atoms with E-state index in [-0.39, 0.29) is 12.5 Å². The molecule has 1 aliphatic rings. The number of benzene rings is 2. The van der Waals surface area contributed by atoms with Gasteiger partial charge in [-0.2, -0.15) is 0 Å². The smallest absolute Gasteiger partial charge is 0.240 e. The van der Waals surface area contributed by atoms with Crippen molar-refractivity contribution in [2.75, 3.05) is 30.3 Å². The van der Waals surface area contributed by atoms with Gasteiger partial charge in [-0.05, 0) is 43.5 Å². The third-order valence-corrected chi connectivity index (χ3v) is 6.22. The van der Waals surface area contributed by atoms with E-state index in [0.29, 0.717) is 42.9 Å². The molecular formula is C23H30N2O5S. The van der Waals surface area contributed by atoms with Crippen molar-refractivity contribution in [3.05, 3.63) is 54.6 Å². The minimum Gasteiger partial charge on any atom is -0.455 e. The van der Waals surface area contributed by atoms with Crippen molar-refractivity contribution in [1.82, 2.24) is 5.32 Å². The van der Waals surface area contributed by atoms with Crippen LogP contribution in [0, 0.1) is 0 Å². The molecule has 2 aromatic carbocycles. The van der Waals surface area contributed by atoms with Crippen LogP contribution in [0.1, 0.15) is 32.1 Å². The minimum absolute atomic E-state index is 0.313. The quantitative estimate of drug-likeness (QED) is 0.532. The fourth-order valence-corrected chi connectivity index (χ4v) is 4.40. The second kappa shape index (κ2) is 11.2. The van der Waals surface area contributed by atoms with Gasteiger partial charge in [0.15, 0.2) is 5.75 Å². The van der Waals surface area contributed by atoms with Gasteiger partial charge < -0.3 is 14.8 Å². The SMILES string of the molecule is CS(=O)(=O)N(CC(=O)NCCCOC1CCCC1)c1ccccc1Oc1ccccc1. The Hall–Kier alpha value is -2.58. The molecule has 0 saturated heterocycles. The Morgan fingerprint density at radius 2 is 1.74 bits per heavy atom. The molecule has 1 saturated carbocycles. The summed E-state index contributed by atoms with van der Waals surface area (Å²) in [5.74, 6) is 0.563. The summed E-state index contributed by atoms with van der Waals surface area (Å²) in [6, 6.07) is 15.9. The summed E-state index contributed by atoms with van der Waals surface area (Å²) < 4.78 is 37.7. The molecule has 0 bridgehead atoms. The van der Waals surface area contributed by atoms with E-state index in [4.69, 9.17) is 9.47 Å². The monoisotopic (exact) mass is 446 g/mol. The summed E-state index contributed by atoms with van der Waals surface area (Å²) in [5, 5.41) is 2.78. The first-order valence-electron chi connectivity index (χ1n) is 10.6. The summed E-state index contributed by atoms with van der Waals surface area (Å²) >= 11 is 0. The van der Waals surface area contributed by atoms with E-state index in [0.717, 1.165) is 23.4 Å². The number of para-hydroxylation sites is 3. The number of hydrogen-bond donors (Lipinski definition) is 1. The lowest BCUT2D eigenvalue weighted by Crippen LogP contribution is -2.41. The van der Waals surface area contributed by atoms with Crippen molar-refractivity contribution >= 4 is 21.6 Å². The van der Waals surface area contributed by atoms with Gasteiger partial charge in [0.25, 0.3) is 0 Å². The summed E-state index contributed by atoms with van der Waals surface area (Å²) in [7, 11) is -3.71. The van der Waals surface area contributed by atoms with E-state index in [1.54, 1.807) is 36.4 Å². The van der Waals surface area contributed by atoms with Crippen molar-refractivity contribution in [1.29, 1.82) is 0 Å². The normalized spacial score (nSPS) is 14.4. The Balaban J connectivity index is 1.59. The second-order valence-corrected chi connectivity index (χ2v) is 9.54. The second-order valence-electron chi connectivity index (χ2n) is 7.63. The molecule has 2 aromatic rings. The van der Waals surface area contributed by atoms with Crippen LogP contribution >= 0.6 is 0 Å². The van der Waals surface area contributed by atoms with Gasteiger partial charge >= 0.3 is 0 Å². The highest BCUT2D eigenvalue weighted by Crippen LogP contribution is 2.33. The van der Waals surface area contributed by atoms with Crippen LogP contribution in [0.25, 0.3) is 0 Å². The van der Waals surface area contributed by atoms with Crippen molar-refractivity contribution in [3.63, 3.8) is 0 Å². The van der Waals surface area contributed by atoms with Gasteiger partial charge in [0.1, 0.15) is 12.3 Å². The average molecular weight is 447 g/mol. The zero-order valence-electron chi connectivity index (χ0n) is 17.8. The van der Waals surface area contributed by atoms with E-state index >= 15 is 0 Å². The number of amides is 1. The summed E-state index contributed by atoms with van der Waals surface area (Å²) in [6.07, 6.45) is 6.78. The molecule has 8 heteroatoms. The van der Waals surface area contributed by atoms with E-state index in [2.05, 4.69) is 5.32 Å². The molecule has 0 aromatic heterocycles. The van der Waals surface area contributed by atoms with Gasteiger partial charge in [0, 0.05) is 13.2 Å². The third kappa shape index (κ3) is 7.25. The van der Waals surface area contributed by atoms with Gasteiger partial charge in [0.05, 0.1) is 18.0 Å². The molecule has 1 amide bonds. The maximum Gasteiger partial charge on any atom is 0.240 e. The van der Waals surface area contributed by atoms with E-state index in [1.165, 1.54) is 12.8 Å². The fraction of sp³-hybridized carbons (Fsp3) is 0.435. The van der Waals surface area contributed by atoms with E-state index < -0.39 is 10.0 Å². The number of nitrogens with zero attached hydrogens (tertiary/aromatic N) is 1. The Morgan fingerprint density at radius 1 is 1.06 bits per heavy atom. The van der Waals surface area contributed by atoms with Crippen molar-refractivity contribution in [2.24, 2.45) is 0 Å². The molecule has 3 rings (SSSR count). The topological polar surface area (TPSA) is 84.9 Å². The summed E-state index contributed by atoms with van der Waals surface area (Å²) in [6.45, 7) is 0.706. The Bertz CT molecular complexity index is 943. The van der Waals surface area contributed by atoms with Crippen LogP contribution in [0.5, 0.6) is 11.5 Å². The molecule has 0 heterocycles. The maximum absolute atomic E-state index is 12.5. The lowest BCUT2D eigenvalue weighted by Gasteiger charge is -2.24. The van der Waals surface area contributed by atoms with Crippen LogP contribution < -0.4 is 14.4 Å². The molecular weight excluding hydrogens is 416 g/mol. The number of nitrogens with one attached hydrogen (secondary N) is 1. The fourth-order valence-electron chi connectivity index (χ4n) is 3.54. The highest BCUT2D eigenvalue weighted by Gasteiger charge is 2.24. The van der Waals surface area contributed by atoms with Crippen molar-refractivity contribution in [2.45, 2.75) is 38.2 Å². The molecule has 1 fully saturated rings. The molecule has 1 aliphatic carbocycles. The number of carbonyl (C=O) groups is 1. The average Bonchev–Trinajstić information content (AvgIpc) is 3.26. The van der Waals surface area contributed by atoms with Gasteiger partial charge in [-0.3, -0.25) is 9.10 Å². The van der Waals surface area contributed by atoms with Crippen LogP contribution in [-0.4, -0.2) is 46.4 Å². The Morgan fingerprint density at radius 3 is 2.45 bits per heavy atom. The van der Waals surface area contributed by atoms with E-state index in [1.807, 2.05) is 18.2 Å². The molecule has 168 valence electrons. The summed E-state index contributed by atoms with van der Waals surface area (Å²) in [5.41, 5.74) is 0.313. The van der Waals surface area contributed by atoms with E-state index in [9.17, 15) is 13.2 Å². The first kappa shape index (κ1) is 23.1. The molecule has 7 nitrogen and oxygen atoms in total. The zero-order valence-corrected chi connectivity index (χ0v) is 18.6.